The molecule has 0 aromatic heterocycles. The van der Waals surface area contributed by atoms with Crippen LogP contribution in [-0.2, 0) is 10.0 Å². The van der Waals surface area contributed by atoms with E-state index in [0.717, 1.165) is 25.9 Å². The monoisotopic (exact) mass is 248 g/mol. The minimum absolute atomic E-state index is 0.297. The summed E-state index contributed by atoms with van der Waals surface area (Å²) in [5, 5.41) is 3.33. The number of piperidine rings is 1. The third-order valence-electron chi connectivity index (χ3n) is 3.11. The second-order valence-electron chi connectivity index (χ2n) is 4.47. The molecule has 0 spiro atoms. The minimum Gasteiger partial charge on any atom is -0.317 e. The van der Waals surface area contributed by atoms with Crippen molar-refractivity contribution in [3.63, 3.8) is 0 Å². The number of nitrogens with one attached hydrogen (secondary N) is 1. The molecule has 1 aliphatic rings. The lowest BCUT2D eigenvalue weighted by Gasteiger charge is -2.31. The first-order chi connectivity index (χ1) is 7.60. The molecule has 0 unspecified atom stereocenters. The van der Waals surface area contributed by atoms with Crippen LogP contribution in [0.25, 0.3) is 0 Å². The fraction of sp³-hybridized carbons (Fsp3) is 1.00. The molecule has 4 nitrogen and oxygen atoms in total. The molecule has 1 heterocycles. The van der Waals surface area contributed by atoms with E-state index in [1.807, 2.05) is 6.92 Å². The van der Waals surface area contributed by atoms with Gasteiger partial charge in [0.1, 0.15) is 0 Å². The molecule has 0 aromatic carbocycles. The van der Waals surface area contributed by atoms with Gasteiger partial charge in [0, 0.05) is 13.1 Å². The summed E-state index contributed by atoms with van der Waals surface area (Å²) < 4.78 is 25.3. The highest BCUT2D eigenvalue weighted by molar-refractivity contribution is 7.89. The molecule has 0 atom stereocenters. The van der Waals surface area contributed by atoms with Crippen molar-refractivity contribution >= 4 is 10.0 Å². The maximum Gasteiger partial charge on any atom is 0.214 e. The maximum absolute atomic E-state index is 11.8. The lowest BCUT2D eigenvalue weighted by atomic mass is 9.98. The van der Waals surface area contributed by atoms with Crippen molar-refractivity contribution in [3.8, 4) is 0 Å². The molecule has 5 heteroatoms. The summed E-state index contributed by atoms with van der Waals surface area (Å²) >= 11 is 0. The summed E-state index contributed by atoms with van der Waals surface area (Å²) in [5.74, 6) is 0.943. The van der Waals surface area contributed by atoms with Crippen LogP contribution < -0.4 is 5.32 Å². The number of sulfonamides is 1. The molecule has 0 saturated carbocycles. The number of nitrogens with zero attached hydrogens (tertiary/aromatic N) is 1. The highest BCUT2D eigenvalue weighted by Crippen LogP contribution is 2.19. The Hall–Kier alpha value is -0.130. The first kappa shape index (κ1) is 13.9. The van der Waals surface area contributed by atoms with Crippen molar-refractivity contribution in [2.24, 2.45) is 5.92 Å². The molecule has 0 bridgehead atoms. The van der Waals surface area contributed by atoms with Crippen LogP contribution in [0, 0.1) is 5.92 Å². The number of rotatable bonds is 6. The Balaban J connectivity index is 2.37. The van der Waals surface area contributed by atoms with Crippen LogP contribution in [-0.4, -0.2) is 44.7 Å². The predicted octanol–water partition coefficient (Wildman–Crippen LogP) is 1.05. The van der Waals surface area contributed by atoms with Crippen LogP contribution in [0.4, 0.5) is 0 Å². The average Bonchev–Trinajstić information content (AvgIpc) is 2.27. The van der Waals surface area contributed by atoms with Gasteiger partial charge in [-0.25, -0.2) is 12.7 Å². The first-order valence-corrected chi connectivity index (χ1v) is 7.89. The molecule has 1 rings (SSSR count). The largest absolute Gasteiger partial charge is 0.317 e. The van der Waals surface area contributed by atoms with Crippen LogP contribution in [0.15, 0.2) is 0 Å². The highest BCUT2D eigenvalue weighted by atomic mass is 32.2. The summed E-state index contributed by atoms with van der Waals surface area (Å²) in [6.07, 6.45) is 2.70. The van der Waals surface area contributed by atoms with E-state index in [1.54, 1.807) is 4.31 Å². The summed E-state index contributed by atoms with van der Waals surface area (Å²) in [7, 11) is -2.96. The van der Waals surface area contributed by atoms with Crippen molar-refractivity contribution in [2.75, 3.05) is 31.9 Å². The number of hydrogen-bond acceptors (Lipinski definition) is 3. The zero-order chi connectivity index (χ0) is 12.0. The van der Waals surface area contributed by atoms with Gasteiger partial charge in [-0.3, -0.25) is 0 Å². The molecule has 16 heavy (non-hydrogen) atoms. The third-order valence-corrected chi connectivity index (χ3v) is 5.19. The predicted molar refractivity (Wildman–Crippen MR) is 66.9 cm³/mol. The molecule has 0 amide bonds. The maximum atomic E-state index is 11.8. The third kappa shape index (κ3) is 4.03. The molecular formula is C11H24N2O2S. The summed E-state index contributed by atoms with van der Waals surface area (Å²) in [6.45, 7) is 7.44. The molecule has 1 saturated heterocycles. The first-order valence-electron chi connectivity index (χ1n) is 6.28. The van der Waals surface area contributed by atoms with Crippen LogP contribution in [0.2, 0.25) is 0 Å². The average molecular weight is 248 g/mol. The van der Waals surface area contributed by atoms with E-state index in [1.165, 1.54) is 0 Å². The minimum atomic E-state index is -2.96. The summed E-state index contributed by atoms with van der Waals surface area (Å²) in [6, 6.07) is 0. The second kappa shape index (κ2) is 6.57. The van der Waals surface area contributed by atoms with Gasteiger partial charge in [0.2, 0.25) is 10.0 Å². The molecule has 0 aliphatic carbocycles. The zero-order valence-electron chi connectivity index (χ0n) is 10.4. The van der Waals surface area contributed by atoms with Gasteiger partial charge in [-0.15, -0.1) is 0 Å². The SMILES string of the molecule is CCCS(=O)(=O)N1CCC(CNCC)CC1. The van der Waals surface area contributed by atoms with Gasteiger partial charge in [-0.05, 0) is 38.3 Å². The van der Waals surface area contributed by atoms with Crippen molar-refractivity contribution < 1.29 is 8.42 Å². The molecule has 1 N–H and O–H groups in total. The standard InChI is InChI=1S/C11H24N2O2S/c1-3-9-16(14,15)13-7-5-11(6-8-13)10-12-4-2/h11-12H,3-10H2,1-2H3. The van der Waals surface area contributed by atoms with Gasteiger partial charge in [0.15, 0.2) is 0 Å². The van der Waals surface area contributed by atoms with Gasteiger partial charge in [-0.2, -0.15) is 0 Å². The van der Waals surface area contributed by atoms with Gasteiger partial charge in [0.05, 0.1) is 5.75 Å². The highest BCUT2D eigenvalue weighted by Gasteiger charge is 2.26. The molecule has 96 valence electrons. The molecule has 0 radical (unpaired) electrons. The van der Waals surface area contributed by atoms with Crippen molar-refractivity contribution in [1.29, 1.82) is 0 Å². The second-order valence-corrected chi connectivity index (χ2v) is 6.55. The topological polar surface area (TPSA) is 49.4 Å². The van der Waals surface area contributed by atoms with E-state index in [-0.39, 0.29) is 0 Å². The fourth-order valence-corrected chi connectivity index (χ4v) is 3.67. The van der Waals surface area contributed by atoms with Crippen molar-refractivity contribution in [2.45, 2.75) is 33.1 Å². The van der Waals surface area contributed by atoms with E-state index >= 15 is 0 Å². The van der Waals surface area contributed by atoms with E-state index in [2.05, 4.69) is 12.2 Å². The Morgan fingerprint density at radius 3 is 2.38 bits per heavy atom. The molecule has 1 aliphatic heterocycles. The van der Waals surface area contributed by atoms with Crippen LogP contribution in [0.3, 0.4) is 0 Å². The Morgan fingerprint density at radius 1 is 1.25 bits per heavy atom. The van der Waals surface area contributed by atoms with Gasteiger partial charge in [0.25, 0.3) is 0 Å². The normalized spacial score (nSPS) is 20.1. The molecular weight excluding hydrogens is 224 g/mol. The van der Waals surface area contributed by atoms with Crippen molar-refractivity contribution in [3.05, 3.63) is 0 Å². The Morgan fingerprint density at radius 2 is 1.88 bits per heavy atom. The van der Waals surface area contributed by atoms with Gasteiger partial charge < -0.3 is 5.32 Å². The van der Waals surface area contributed by atoms with Crippen LogP contribution in [0.1, 0.15) is 33.1 Å². The lowest BCUT2D eigenvalue weighted by molar-refractivity contribution is 0.268. The van der Waals surface area contributed by atoms with E-state index in [9.17, 15) is 8.42 Å². The Labute approximate surface area is 99.5 Å². The fourth-order valence-electron chi connectivity index (χ4n) is 2.13. The van der Waals surface area contributed by atoms with E-state index < -0.39 is 10.0 Å². The summed E-state index contributed by atoms with van der Waals surface area (Å²) in [5.41, 5.74) is 0. The van der Waals surface area contributed by atoms with Crippen LogP contribution in [0.5, 0.6) is 0 Å². The quantitative estimate of drug-likeness (QED) is 0.764. The van der Waals surface area contributed by atoms with E-state index in [0.29, 0.717) is 31.2 Å². The lowest BCUT2D eigenvalue weighted by Crippen LogP contribution is -2.41. The van der Waals surface area contributed by atoms with Gasteiger partial charge >= 0.3 is 0 Å². The van der Waals surface area contributed by atoms with Gasteiger partial charge in [-0.1, -0.05) is 13.8 Å². The summed E-state index contributed by atoms with van der Waals surface area (Å²) in [4.78, 5) is 0. The molecule has 1 fully saturated rings. The van der Waals surface area contributed by atoms with Crippen molar-refractivity contribution in [1.82, 2.24) is 9.62 Å². The Bertz CT molecular complexity index is 282. The smallest absolute Gasteiger partial charge is 0.214 e. The van der Waals surface area contributed by atoms with Crippen LogP contribution >= 0.6 is 0 Å². The zero-order valence-corrected chi connectivity index (χ0v) is 11.2. The molecule has 0 aromatic rings. The number of hydrogen-bond donors (Lipinski definition) is 1. The Kier molecular flexibility index (Phi) is 5.72. The van der Waals surface area contributed by atoms with E-state index in [4.69, 9.17) is 0 Å².